The summed E-state index contributed by atoms with van der Waals surface area (Å²) in [6.07, 6.45) is -0.913. The van der Waals surface area contributed by atoms with Crippen LogP contribution in [0.5, 0.6) is 17.2 Å². The van der Waals surface area contributed by atoms with Crippen molar-refractivity contribution in [2.24, 2.45) is 0 Å². The van der Waals surface area contributed by atoms with E-state index in [1.165, 1.54) is 21.1 Å². The van der Waals surface area contributed by atoms with Gasteiger partial charge in [-0.3, -0.25) is 4.79 Å². The number of carbonyl (C=O) groups excluding carboxylic acids is 2. The van der Waals surface area contributed by atoms with Crippen molar-refractivity contribution in [1.29, 1.82) is 5.26 Å². The zero-order valence-electron chi connectivity index (χ0n) is 15.2. The van der Waals surface area contributed by atoms with Crippen LogP contribution in [0.4, 0.5) is 0 Å². The molecule has 0 fully saturated rings. The van der Waals surface area contributed by atoms with Crippen LogP contribution in [-0.2, 0) is 9.53 Å². The van der Waals surface area contributed by atoms with Crippen molar-refractivity contribution in [3.05, 3.63) is 53.6 Å². The van der Waals surface area contributed by atoms with Gasteiger partial charge in [0.05, 0.1) is 31.4 Å². The van der Waals surface area contributed by atoms with Crippen molar-refractivity contribution in [2.45, 2.75) is 13.0 Å². The molecule has 2 rings (SSSR count). The highest BCUT2D eigenvalue weighted by atomic mass is 16.6. The van der Waals surface area contributed by atoms with Gasteiger partial charge in [0.25, 0.3) is 0 Å². The Hall–Kier alpha value is -3.53. The van der Waals surface area contributed by atoms with E-state index < -0.39 is 24.5 Å². The van der Waals surface area contributed by atoms with Gasteiger partial charge < -0.3 is 18.9 Å². The topological polar surface area (TPSA) is 94.9 Å². The lowest BCUT2D eigenvalue weighted by molar-refractivity contribution is -0.149. The molecule has 0 radical (unpaired) electrons. The van der Waals surface area contributed by atoms with Crippen LogP contribution >= 0.6 is 0 Å². The summed E-state index contributed by atoms with van der Waals surface area (Å²) in [5, 5.41) is 8.77. The fourth-order valence-electron chi connectivity index (χ4n) is 2.22. The molecule has 0 N–H and O–H groups in total. The molecule has 27 heavy (non-hydrogen) atoms. The quantitative estimate of drug-likeness (QED) is 0.521. The van der Waals surface area contributed by atoms with Crippen LogP contribution in [0.25, 0.3) is 0 Å². The normalized spacial score (nSPS) is 11.0. The molecule has 0 aliphatic rings. The van der Waals surface area contributed by atoms with Crippen LogP contribution in [0.15, 0.2) is 42.5 Å². The number of rotatable bonds is 8. The lowest BCUT2D eigenvalue weighted by atomic mass is 10.1. The lowest BCUT2D eigenvalue weighted by Crippen LogP contribution is -2.28. The van der Waals surface area contributed by atoms with E-state index in [0.29, 0.717) is 22.8 Å². The molecule has 0 unspecified atom stereocenters. The third kappa shape index (κ3) is 5.22. The Morgan fingerprint density at radius 3 is 2.30 bits per heavy atom. The summed E-state index contributed by atoms with van der Waals surface area (Å²) in [7, 11) is 2.94. The van der Waals surface area contributed by atoms with Gasteiger partial charge in [-0.2, -0.15) is 5.26 Å². The highest BCUT2D eigenvalue weighted by Gasteiger charge is 2.20. The van der Waals surface area contributed by atoms with Crippen molar-refractivity contribution in [2.75, 3.05) is 20.8 Å². The number of esters is 1. The Labute approximate surface area is 157 Å². The van der Waals surface area contributed by atoms with E-state index in [9.17, 15) is 9.59 Å². The molecule has 0 aliphatic carbocycles. The molecule has 0 spiro atoms. The Bertz CT molecular complexity index is 854. The summed E-state index contributed by atoms with van der Waals surface area (Å²) in [4.78, 5) is 24.4. The number of hydrogen-bond donors (Lipinski definition) is 0. The van der Waals surface area contributed by atoms with E-state index in [4.69, 9.17) is 24.2 Å². The summed E-state index contributed by atoms with van der Waals surface area (Å²) in [6, 6.07) is 13.0. The Morgan fingerprint density at radius 1 is 1.04 bits per heavy atom. The zero-order valence-corrected chi connectivity index (χ0v) is 15.2. The molecule has 0 heterocycles. The molecule has 0 bridgehead atoms. The number of hydrogen-bond acceptors (Lipinski definition) is 7. The molecular formula is C20H19NO6. The van der Waals surface area contributed by atoms with Gasteiger partial charge in [0.15, 0.2) is 12.7 Å². The molecule has 1 atom stereocenters. The van der Waals surface area contributed by atoms with Crippen LogP contribution in [0.3, 0.4) is 0 Å². The summed E-state index contributed by atoms with van der Waals surface area (Å²) >= 11 is 0. The predicted octanol–water partition coefficient (Wildman–Crippen LogP) is 2.77. The van der Waals surface area contributed by atoms with Gasteiger partial charge in [-0.05, 0) is 43.3 Å². The monoisotopic (exact) mass is 369 g/mol. The molecule has 7 heteroatoms. The summed E-state index contributed by atoms with van der Waals surface area (Å²) in [5.41, 5.74) is 0.767. The van der Waals surface area contributed by atoms with E-state index in [1.54, 1.807) is 42.5 Å². The largest absolute Gasteiger partial charge is 0.497 e. The zero-order chi connectivity index (χ0) is 19.8. The van der Waals surface area contributed by atoms with Crippen molar-refractivity contribution in [3.63, 3.8) is 0 Å². The van der Waals surface area contributed by atoms with Crippen LogP contribution in [0.2, 0.25) is 0 Å². The number of methoxy groups -OCH3 is 2. The van der Waals surface area contributed by atoms with E-state index in [-0.39, 0.29) is 5.56 Å². The Kier molecular flexibility index (Phi) is 6.78. The first-order valence-corrected chi connectivity index (χ1v) is 8.07. The van der Waals surface area contributed by atoms with Crippen molar-refractivity contribution in [1.82, 2.24) is 0 Å². The van der Waals surface area contributed by atoms with Crippen LogP contribution in [-0.4, -0.2) is 38.7 Å². The first kappa shape index (κ1) is 19.8. The third-order valence-electron chi connectivity index (χ3n) is 3.68. The maximum absolute atomic E-state index is 12.3. The molecule has 0 saturated carbocycles. The average molecular weight is 369 g/mol. The number of nitrogens with zero attached hydrogens (tertiary/aromatic N) is 1. The second-order valence-electron chi connectivity index (χ2n) is 5.49. The number of carbonyl (C=O) groups is 2. The van der Waals surface area contributed by atoms with Crippen LogP contribution in [0, 0.1) is 11.3 Å². The first-order valence-electron chi connectivity index (χ1n) is 8.07. The minimum Gasteiger partial charge on any atom is -0.497 e. The maximum atomic E-state index is 12.3. The predicted molar refractivity (Wildman–Crippen MR) is 96.1 cm³/mol. The minimum atomic E-state index is -0.913. The van der Waals surface area contributed by atoms with E-state index in [2.05, 4.69) is 0 Å². The number of ketones is 1. The average Bonchev–Trinajstić information content (AvgIpc) is 2.71. The van der Waals surface area contributed by atoms with E-state index in [1.807, 2.05) is 6.07 Å². The minimum absolute atomic E-state index is 0.284. The van der Waals surface area contributed by atoms with Crippen molar-refractivity contribution in [3.8, 4) is 23.3 Å². The Morgan fingerprint density at radius 2 is 1.70 bits per heavy atom. The fourth-order valence-corrected chi connectivity index (χ4v) is 2.22. The molecule has 7 nitrogen and oxygen atoms in total. The third-order valence-corrected chi connectivity index (χ3v) is 3.68. The highest BCUT2D eigenvalue weighted by Crippen LogP contribution is 2.25. The molecule has 2 aromatic carbocycles. The number of ether oxygens (including phenoxy) is 4. The molecule has 0 aromatic heterocycles. The van der Waals surface area contributed by atoms with Gasteiger partial charge in [0.1, 0.15) is 17.2 Å². The highest BCUT2D eigenvalue weighted by molar-refractivity contribution is 6.00. The molecule has 0 saturated heterocycles. The molecule has 140 valence electrons. The van der Waals surface area contributed by atoms with Gasteiger partial charge in [0.2, 0.25) is 5.78 Å². The van der Waals surface area contributed by atoms with Crippen molar-refractivity contribution < 1.29 is 28.5 Å². The van der Waals surface area contributed by atoms with Crippen LogP contribution in [0.1, 0.15) is 22.8 Å². The molecular weight excluding hydrogens is 350 g/mol. The number of benzene rings is 2. The second kappa shape index (κ2) is 9.25. The standard InChI is InChI=1S/C20H19NO6/c1-13(27-15-6-4-14(11-21)5-7-15)20(23)26-12-18(22)17-9-8-16(24-2)10-19(17)25-3/h4-10,13H,12H2,1-3H3/t13-/m0/s1. The number of Topliss-reactive ketones (excluding diaryl/α,β-unsaturated/α-hetero) is 1. The molecule has 0 aliphatic heterocycles. The molecule has 0 amide bonds. The molecule has 2 aromatic rings. The van der Waals surface area contributed by atoms with Gasteiger partial charge in [-0.1, -0.05) is 0 Å². The van der Waals surface area contributed by atoms with Gasteiger partial charge in [0, 0.05) is 6.07 Å². The number of nitriles is 1. The Balaban J connectivity index is 1.94. The SMILES string of the molecule is COc1ccc(C(=O)COC(=O)[C@H](C)Oc2ccc(C#N)cc2)c(OC)c1. The first-order chi connectivity index (χ1) is 13.0. The van der Waals surface area contributed by atoms with Gasteiger partial charge >= 0.3 is 5.97 Å². The van der Waals surface area contributed by atoms with Crippen molar-refractivity contribution >= 4 is 11.8 Å². The second-order valence-corrected chi connectivity index (χ2v) is 5.49. The lowest BCUT2D eigenvalue weighted by Gasteiger charge is -2.14. The summed E-state index contributed by atoms with van der Waals surface area (Å²) in [5.74, 6) is 0.206. The van der Waals surface area contributed by atoms with E-state index in [0.717, 1.165) is 0 Å². The fraction of sp³-hybridized carbons (Fsp3) is 0.250. The van der Waals surface area contributed by atoms with Gasteiger partial charge in [-0.15, -0.1) is 0 Å². The van der Waals surface area contributed by atoms with E-state index >= 15 is 0 Å². The summed E-state index contributed by atoms with van der Waals surface area (Å²) in [6.45, 7) is 1.07. The smallest absolute Gasteiger partial charge is 0.347 e. The summed E-state index contributed by atoms with van der Waals surface area (Å²) < 4.78 is 20.7. The van der Waals surface area contributed by atoms with Crippen LogP contribution < -0.4 is 14.2 Å². The van der Waals surface area contributed by atoms with Gasteiger partial charge in [-0.25, -0.2) is 4.79 Å². The maximum Gasteiger partial charge on any atom is 0.347 e.